The zero-order valence-electron chi connectivity index (χ0n) is 13.5. The van der Waals surface area contributed by atoms with Gasteiger partial charge in [0, 0.05) is 30.1 Å². The summed E-state index contributed by atoms with van der Waals surface area (Å²) in [6, 6.07) is 3.47. The van der Waals surface area contributed by atoms with Gasteiger partial charge in [0.25, 0.3) is 5.89 Å². The number of rotatable bonds is 4. The number of fused-ring (bicyclic) bond motifs is 1. The first-order valence-corrected chi connectivity index (χ1v) is 8.16. The summed E-state index contributed by atoms with van der Waals surface area (Å²) in [5, 5.41) is 6.85. The highest BCUT2D eigenvalue weighted by Gasteiger charge is 2.29. The van der Waals surface area contributed by atoms with E-state index in [-0.39, 0.29) is 11.8 Å². The fourth-order valence-corrected chi connectivity index (χ4v) is 2.66. The number of carbonyl (C=O) groups excluding carboxylic acids is 1. The van der Waals surface area contributed by atoms with Crippen LogP contribution in [0.5, 0.6) is 0 Å². The van der Waals surface area contributed by atoms with Gasteiger partial charge in [0.05, 0.1) is 12.4 Å². The molecule has 26 heavy (non-hydrogen) atoms. The molecule has 0 atom stereocenters. The number of nitrogens with one attached hydrogen (secondary N) is 1. The van der Waals surface area contributed by atoms with E-state index in [4.69, 9.17) is 4.52 Å². The standard InChI is InChI=1S/C17H13N7O2/c25-16(10-1-2-10)21-13-7-11(3-4-19-13)17-22-15(23-26-17)12-8-20-14-9-18-5-6-24(12)14/h3-10H,1-2H2,(H,19,21,25). The molecule has 1 amide bonds. The molecule has 9 heteroatoms. The summed E-state index contributed by atoms with van der Waals surface area (Å²) in [6.07, 6.45) is 10.2. The number of nitrogens with zero attached hydrogens (tertiary/aromatic N) is 6. The topological polar surface area (TPSA) is 111 Å². The van der Waals surface area contributed by atoms with Crippen molar-refractivity contribution >= 4 is 17.4 Å². The molecule has 0 aromatic carbocycles. The Kier molecular flexibility index (Phi) is 3.24. The van der Waals surface area contributed by atoms with Gasteiger partial charge in [0.1, 0.15) is 11.5 Å². The number of imidazole rings is 1. The molecule has 0 unspecified atom stereocenters. The molecule has 4 aromatic heterocycles. The molecule has 1 N–H and O–H groups in total. The first-order valence-electron chi connectivity index (χ1n) is 8.16. The lowest BCUT2D eigenvalue weighted by Crippen LogP contribution is -2.14. The fraction of sp³-hybridized carbons (Fsp3) is 0.176. The molecule has 0 bridgehead atoms. The molecule has 1 fully saturated rings. The molecule has 4 aromatic rings. The molecule has 0 radical (unpaired) electrons. The van der Waals surface area contributed by atoms with Crippen LogP contribution in [0.3, 0.4) is 0 Å². The van der Waals surface area contributed by atoms with E-state index >= 15 is 0 Å². The van der Waals surface area contributed by atoms with Crippen LogP contribution in [-0.4, -0.2) is 35.4 Å². The van der Waals surface area contributed by atoms with Crippen molar-refractivity contribution < 1.29 is 9.32 Å². The molecule has 1 aliphatic carbocycles. The molecule has 9 nitrogen and oxygen atoms in total. The Morgan fingerprint density at radius 3 is 3.04 bits per heavy atom. The second-order valence-corrected chi connectivity index (χ2v) is 6.06. The Balaban J connectivity index is 1.45. The Labute approximate surface area is 147 Å². The van der Waals surface area contributed by atoms with Gasteiger partial charge in [-0.2, -0.15) is 4.98 Å². The third kappa shape index (κ3) is 2.59. The van der Waals surface area contributed by atoms with E-state index in [2.05, 4.69) is 30.4 Å². The van der Waals surface area contributed by atoms with Crippen LogP contribution in [0.1, 0.15) is 12.8 Å². The molecular formula is C17H13N7O2. The smallest absolute Gasteiger partial charge is 0.258 e. The minimum Gasteiger partial charge on any atom is -0.334 e. The van der Waals surface area contributed by atoms with E-state index < -0.39 is 0 Å². The van der Waals surface area contributed by atoms with Crippen molar-refractivity contribution in [1.82, 2.24) is 29.5 Å². The highest BCUT2D eigenvalue weighted by Crippen LogP contribution is 2.30. The lowest BCUT2D eigenvalue weighted by molar-refractivity contribution is -0.117. The van der Waals surface area contributed by atoms with Crippen LogP contribution in [0.4, 0.5) is 5.82 Å². The highest BCUT2D eigenvalue weighted by molar-refractivity contribution is 5.93. The molecule has 1 saturated carbocycles. The molecule has 0 spiro atoms. The monoisotopic (exact) mass is 347 g/mol. The first kappa shape index (κ1) is 14.7. The average Bonchev–Trinajstić information content (AvgIpc) is 3.25. The van der Waals surface area contributed by atoms with E-state index in [1.54, 1.807) is 43.1 Å². The quantitative estimate of drug-likeness (QED) is 0.602. The van der Waals surface area contributed by atoms with Gasteiger partial charge < -0.3 is 9.84 Å². The Hall–Kier alpha value is -3.62. The van der Waals surface area contributed by atoms with Crippen molar-refractivity contribution in [3.63, 3.8) is 0 Å². The second kappa shape index (κ2) is 5.73. The van der Waals surface area contributed by atoms with Gasteiger partial charge in [-0.25, -0.2) is 9.97 Å². The van der Waals surface area contributed by atoms with Gasteiger partial charge in [0.15, 0.2) is 5.65 Å². The van der Waals surface area contributed by atoms with Crippen LogP contribution < -0.4 is 5.32 Å². The zero-order valence-corrected chi connectivity index (χ0v) is 13.5. The van der Waals surface area contributed by atoms with E-state index in [0.717, 1.165) is 12.8 Å². The van der Waals surface area contributed by atoms with Crippen molar-refractivity contribution in [2.45, 2.75) is 12.8 Å². The van der Waals surface area contributed by atoms with Crippen LogP contribution >= 0.6 is 0 Å². The summed E-state index contributed by atoms with van der Waals surface area (Å²) >= 11 is 0. The van der Waals surface area contributed by atoms with Gasteiger partial charge in [-0.15, -0.1) is 0 Å². The molecule has 128 valence electrons. The lowest BCUT2D eigenvalue weighted by Gasteiger charge is -2.03. The molecule has 0 saturated heterocycles. The normalized spacial score (nSPS) is 13.8. The summed E-state index contributed by atoms with van der Waals surface area (Å²) in [4.78, 5) is 28.8. The lowest BCUT2D eigenvalue weighted by atomic mass is 10.2. The molecule has 4 heterocycles. The van der Waals surface area contributed by atoms with Crippen molar-refractivity contribution in [2.75, 3.05) is 5.32 Å². The van der Waals surface area contributed by atoms with Crippen LogP contribution in [0.15, 0.2) is 47.6 Å². The van der Waals surface area contributed by atoms with Gasteiger partial charge >= 0.3 is 0 Å². The van der Waals surface area contributed by atoms with Crippen LogP contribution in [0.25, 0.3) is 28.6 Å². The van der Waals surface area contributed by atoms with E-state index in [9.17, 15) is 4.79 Å². The molecule has 0 aliphatic heterocycles. The van der Waals surface area contributed by atoms with Crippen molar-refractivity contribution in [2.24, 2.45) is 5.92 Å². The highest BCUT2D eigenvalue weighted by atomic mass is 16.5. The number of hydrogen-bond acceptors (Lipinski definition) is 7. The predicted molar refractivity (Wildman–Crippen MR) is 90.9 cm³/mol. The van der Waals surface area contributed by atoms with Crippen molar-refractivity contribution in [3.05, 3.63) is 43.1 Å². The van der Waals surface area contributed by atoms with E-state index in [1.165, 1.54) is 0 Å². The summed E-state index contributed by atoms with van der Waals surface area (Å²) < 4.78 is 7.21. The maximum absolute atomic E-state index is 11.9. The van der Waals surface area contributed by atoms with Gasteiger partial charge in [-0.3, -0.25) is 14.2 Å². The number of aromatic nitrogens is 6. The number of carbonyl (C=O) groups is 1. The Bertz CT molecular complexity index is 1110. The van der Waals surface area contributed by atoms with Crippen molar-refractivity contribution in [1.29, 1.82) is 0 Å². The number of hydrogen-bond donors (Lipinski definition) is 1. The zero-order chi connectivity index (χ0) is 17.5. The largest absolute Gasteiger partial charge is 0.334 e. The van der Waals surface area contributed by atoms with E-state index in [0.29, 0.717) is 34.4 Å². The minimum absolute atomic E-state index is 0.000192. The Morgan fingerprint density at radius 2 is 2.15 bits per heavy atom. The SMILES string of the molecule is O=C(Nc1cc(-c2nc(-c3cnc4cnccn34)no2)ccn1)C1CC1. The number of anilines is 1. The summed E-state index contributed by atoms with van der Waals surface area (Å²) in [6.45, 7) is 0. The van der Waals surface area contributed by atoms with Crippen molar-refractivity contribution in [3.8, 4) is 23.0 Å². The maximum atomic E-state index is 11.9. The van der Waals surface area contributed by atoms with Crippen LogP contribution in [0.2, 0.25) is 0 Å². The average molecular weight is 347 g/mol. The van der Waals surface area contributed by atoms with E-state index in [1.807, 2.05) is 4.40 Å². The summed E-state index contributed by atoms with van der Waals surface area (Å²) in [5.74, 6) is 1.34. The Morgan fingerprint density at radius 1 is 1.23 bits per heavy atom. The second-order valence-electron chi connectivity index (χ2n) is 6.06. The minimum atomic E-state index is 0.000192. The summed E-state index contributed by atoms with van der Waals surface area (Å²) in [5.41, 5.74) is 2.08. The van der Waals surface area contributed by atoms with Crippen LogP contribution in [-0.2, 0) is 4.79 Å². The first-order chi connectivity index (χ1) is 12.8. The predicted octanol–water partition coefficient (Wildman–Crippen LogP) is 2.19. The number of pyridine rings is 1. The maximum Gasteiger partial charge on any atom is 0.258 e. The number of amides is 1. The molecule has 1 aliphatic rings. The van der Waals surface area contributed by atoms with Crippen LogP contribution in [0, 0.1) is 5.92 Å². The summed E-state index contributed by atoms with van der Waals surface area (Å²) in [7, 11) is 0. The van der Waals surface area contributed by atoms with Gasteiger partial charge in [0.2, 0.25) is 11.7 Å². The van der Waals surface area contributed by atoms with Gasteiger partial charge in [-0.05, 0) is 25.0 Å². The third-order valence-corrected chi connectivity index (χ3v) is 4.18. The van der Waals surface area contributed by atoms with Gasteiger partial charge in [-0.1, -0.05) is 5.16 Å². The third-order valence-electron chi connectivity index (χ3n) is 4.18. The molecular weight excluding hydrogens is 334 g/mol. The fourth-order valence-electron chi connectivity index (χ4n) is 2.66. The molecule has 5 rings (SSSR count).